The summed E-state index contributed by atoms with van der Waals surface area (Å²) in [6.45, 7) is 5.82. The van der Waals surface area contributed by atoms with Crippen molar-refractivity contribution >= 4 is 39.1 Å². The van der Waals surface area contributed by atoms with Gasteiger partial charge in [-0.05, 0) is 43.5 Å². The van der Waals surface area contributed by atoms with E-state index < -0.39 is 10.8 Å². The molecule has 1 amide bonds. The van der Waals surface area contributed by atoms with Crippen LogP contribution in [0.5, 0.6) is 0 Å². The molecule has 4 rings (SSSR count). The molecule has 7 heteroatoms. The van der Waals surface area contributed by atoms with Crippen LogP contribution in [0.1, 0.15) is 32.3 Å². The molecule has 1 unspecified atom stereocenters. The third kappa shape index (κ3) is 3.79. The third-order valence-corrected chi connectivity index (χ3v) is 6.51. The highest BCUT2D eigenvalue weighted by molar-refractivity contribution is 7.85. The zero-order chi connectivity index (χ0) is 20.4. The van der Waals surface area contributed by atoms with Crippen LogP contribution in [0.2, 0.25) is 0 Å². The number of carbonyl (C=O) groups is 1. The van der Waals surface area contributed by atoms with Gasteiger partial charge in [0, 0.05) is 19.5 Å². The number of hydrogen-bond donors (Lipinski definition) is 1. The van der Waals surface area contributed by atoms with Crippen molar-refractivity contribution in [3.8, 4) is 0 Å². The number of hydrogen-bond acceptors (Lipinski definition) is 4. The molecule has 3 aromatic rings. The monoisotopic (exact) mass is 410 g/mol. The Morgan fingerprint density at radius 2 is 2.03 bits per heavy atom. The molecule has 0 aliphatic carbocycles. The molecule has 0 saturated heterocycles. The van der Waals surface area contributed by atoms with Gasteiger partial charge in [0.25, 0.3) is 0 Å². The van der Waals surface area contributed by atoms with Crippen molar-refractivity contribution in [3.63, 3.8) is 0 Å². The second kappa shape index (κ2) is 8.37. The fourth-order valence-corrected chi connectivity index (χ4v) is 5.00. The standard InChI is InChI=1S/C22H26N4O2S/c1-3-20(27)26(15-29(28)22-23-17-11-5-6-12-18(17)24-22)19-13-7-9-16-10-8-14-25(4-2)21(16)19/h5-7,9,11-13H,3-4,8,10,14-15H2,1-2H3,(H,23,24). The van der Waals surface area contributed by atoms with E-state index in [4.69, 9.17) is 0 Å². The molecule has 2 heterocycles. The highest BCUT2D eigenvalue weighted by Gasteiger charge is 2.26. The lowest BCUT2D eigenvalue weighted by Gasteiger charge is -2.35. The molecule has 0 bridgehead atoms. The molecule has 0 radical (unpaired) electrons. The maximum Gasteiger partial charge on any atom is 0.227 e. The van der Waals surface area contributed by atoms with Crippen LogP contribution in [0.3, 0.4) is 0 Å². The minimum Gasteiger partial charge on any atom is -0.370 e. The largest absolute Gasteiger partial charge is 0.370 e. The first-order valence-corrected chi connectivity index (χ1v) is 11.4. The van der Waals surface area contributed by atoms with Gasteiger partial charge in [0.1, 0.15) is 16.7 Å². The SMILES string of the molecule is CCC(=O)N(CS(=O)c1nc2ccccc2[nH]1)c1cccc2c1N(CC)CCC2. The van der Waals surface area contributed by atoms with E-state index in [9.17, 15) is 9.00 Å². The highest BCUT2D eigenvalue weighted by Crippen LogP contribution is 2.37. The fourth-order valence-electron chi connectivity index (χ4n) is 3.93. The van der Waals surface area contributed by atoms with Crippen molar-refractivity contribution in [3.05, 3.63) is 48.0 Å². The number of aromatic nitrogens is 2. The van der Waals surface area contributed by atoms with Crippen molar-refractivity contribution in [1.82, 2.24) is 9.97 Å². The van der Waals surface area contributed by atoms with Gasteiger partial charge < -0.3 is 9.88 Å². The van der Waals surface area contributed by atoms with Crippen molar-refractivity contribution in [1.29, 1.82) is 0 Å². The van der Waals surface area contributed by atoms with Crippen LogP contribution in [0.15, 0.2) is 47.6 Å². The summed E-state index contributed by atoms with van der Waals surface area (Å²) in [6.07, 6.45) is 2.46. The van der Waals surface area contributed by atoms with Crippen LogP contribution in [0.4, 0.5) is 11.4 Å². The lowest BCUT2D eigenvalue weighted by molar-refractivity contribution is -0.118. The van der Waals surface area contributed by atoms with E-state index in [1.54, 1.807) is 4.90 Å². The molecule has 6 nitrogen and oxygen atoms in total. The molecule has 1 aliphatic heterocycles. The van der Waals surface area contributed by atoms with E-state index in [0.29, 0.717) is 11.6 Å². The summed E-state index contributed by atoms with van der Waals surface area (Å²) in [5.41, 5.74) is 4.82. The molecule has 152 valence electrons. The molecule has 1 aliphatic rings. The van der Waals surface area contributed by atoms with Crippen LogP contribution in [-0.2, 0) is 22.0 Å². The summed E-state index contributed by atoms with van der Waals surface area (Å²) in [5.74, 6) is 0.0463. The zero-order valence-corrected chi connectivity index (χ0v) is 17.7. The number of imidazole rings is 1. The van der Waals surface area contributed by atoms with E-state index in [2.05, 4.69) is 27.9 Å². The Hall–Kier alpha value is -2.67. The maximum atomic E-state index is 13.1. The Bertz CT molecular complexity index is 1030. The number of H-pyrrole nitrogens is 1. The number of benzene rings is 2. The Balaban J connectivity index is 1.70. The van der Waals surface area contributed by atoms with Crippen LogP contribution in [0.25, 0.3) is 11.0 Å². The van der Waals surface area contributed by atoms with E-state index in [1.807, 2.05) is 43.3 Å². The maximum absolute atomic E-state index is 13.1. The zero-order valence-electron chi connectivity index (χ0n) is 16.9. The van der Waals surface area contributed by atoms with Gasteiger partial charge in [-0.15, -0.1) is 0 Å². The number of rotatable bonds is 6. The molecule has 0 saturated carbocycles. The van der Waals surface area contributed by atoms with E-state index >= 15 is 0 Å². The first kappa shape index (κ1) is 19.6. The van der Waals surface area contributed by atoms with Crippen LogP contribution in [0, 0.1) is 0 Å². The quantitative estimate of drug-likeness (QED) is 0.670. The van der Waals surface area contributed by atoms with Crippen LogP contribution >= 0.6 is 0 Å². The Morgan fingerprint density at radius 3 is 2.79 bits per heavy atom. The van der Waals surface area contributed by atoms with Crippen LogP contribution < -0.4 is 9.80 Å². The van der Waals surface area contributed by atoms with Gasteiger partial charge in [-0.1, -0.05) is 31.2 Å². The molecule has 1 aromatic heterocycles. The predicted octanol–water partition coefficient (Wildman–Crippen LogP) is 3.84. The van der Waals surface area contributed by atoms with Crippen molar-refractivity contribution in [2.24, 2.45) is 0 Å². The smallest absolute Gasteiger partial charge is 0.227 e. The van der Waals surface area contributed by atoms with Gasteiger partial charge in [0.2, 0.25) is 5.91 Å². The fraction of sp³-hybridized carbons (Fsp3) is 0.364. The summed E-state index contributed by atoms with van der Waals surface area (Å²) in [6, 6.07) is 13.7. The van der Waals surface area contributed by atoms with Gasteiger partial charge in [0.15, 0.2) is 5.16 Å². The summed E-state index contributed by atoms with van der Waals surface area (Å²) in [7, 11) is -1.46. The second-order valence-electron chi connectivity index (χ2n) is 7.18. The Kier molecular flexibility index (Phi) is 5.67. The van der Waals surface area contributed by atoms with Crippen LogP contribution in [-0.4, -0.2) is 39.1 Å². The van der Waals surface area contributed by atoms with E-state index in [0.717, 1.165) is 48.3 Å². The predicted molar refractivity (Wildman–Crippen MR) is 118 cm³/mol. The minimum atomic E-state index is -1.46. The summed E-state index contributed by atoms with van der Waals surface area (Å²) in [5, 5.41) is 0.400. The van der Waals surface area contributed by atoms with E-state index in [1.165, 1.54) is 5.56 Å². The molecule has 1 N–H and O–H groups in total. The Morgan fingerprint density at radius 1 is 1.21 bits per heavy atom. The minimum absolute atomic E-state index is 0.0375. The normalized spacial score (nSPS) is 14.6. The lowest BCUT2D eigenvalue weighted by Crippen LogP contribution is -2.37. The molecule has 0 fully saturated rings. The van der Waals surface area contributed by atoms with Gasteiger partial charge in [-0.25, -0.2) is 9.19 Å². The summed E-state index contributed by atoms with van der Waals surface area (Å²) in [4.78, 5) is 24.5. The topological polar surface area (TPSA) is 69.3 Å². The van der Waals surface area contributed by atoms with Crippen molar-refractivity contribution < 1.29 is 9.00 Å². The number of nitrogens with zero attached hydrogens (tertiary/aromatic N) is 3. The van der Waals surface area contributed by atoms with Crippen molar-refractivity contribution in [2.75, 3.05) is 28.8 Å². The van der Waals surface area contributed by atoms with Gasteiger partial charge in [-0.3, -0.25) is 9.69 Å². The highest BCUT2D eigenvalue weighted by atomic mass is 32.2. The molecular weight excluding hydrogens is 384 g/mol. The average molecular weight is 411 g/mol. The van der Waals surface area contributed by atoms with Crippen molar-refractivity contribution in [2.45, 2.75) is 38.3 Å². The molecular formula is C22H26N4O2S. The van der Waals surface area contributed by atoms with Gasteiger partial charge >= 0.3 is 0 Å². The molecule has 29 heavy (non-hydrogen) atoms. The Labute approximate surface area is 173 Å². The molecule has 0 spiro atoms. The lowest BCUT2D eigenvalue weighted by atomic mass is 10.00. The first-order valence-electron chi connectivity index (χ1n) is 10.1. The summed E-state index contributed by atoms with van der Waals surface area (Å²) >= 11 is 0. The number of carbonyl (C=O) groups excluding carboxylic acids is 1. The van der Waals surface area contributed by atoms with E-state index in [-0.39, 0.29) is 11.8 Å². The number of fused-ring (bicyclic) bond motifs is 2. The number of para-hydroxylation sites is 3. The average Bonchev–Trinajstić information content (AvgIpc) is 3.20. The molecule has 1 atom stereocenters. The number of aromatic amines is 1. The third-order valence-electron chi connectivity index (χ3n) is 5.39. The van der Waals surface area contributed by atoms with Gasteiger partial charge in [-0.2, -0.15) is 0 Å². The first-order chi connectivity index (χ1) is 14.1. The summed E-state index contributed by atoms with van der Waals surface area (Å²) < 4.78 is 13.1. The number of aryl methyl sites for hydroxylation is 1. The molecule has 2 aromatic carbocycles. The number of amides is 1. The second-order valence-corrected chi connectivity index (χ2v) is 8.51. The number of nitrogens with one attached hydrogen (secondary N) is 1. The number of anilines is 2. The van der Waals surface area contributed by atoms with Gasteiger partial charge in [0.05, 0.1) is 22.4 Å².